The predicted octanol–water partition coefficient (Wildman–Crippen LogP) is -2.75. The van der Waals surface area contributed by atoms with Crippen LogP contribution in [0.25, 0.3) is 0 Å². The standard InChI is InChI=1S/C20H28O13/c1-8(22)13-10(23)3-9(4-11(13)29-2)32-18-16(26)15(25)14(24)12(33-18)5-30-19-17(27)20(28,6-21)7-31-19/h3-4,12,14-19,21,23-28H,5-7H2,1-2H3/t12-,14+,15+,16-,17+,18-,19-,20-/m1/s1. The van der Waals surface area contributed by atoms with Gasteiger partial charge in [-0.05, 0) is 6.92 Å². The smallest absolute Gasteiger partial charge is 0.229 e. The van der Waals surface area contributed by atoms with Crippen LogP contribution in [0, 0.1) is 0 Å². The molecule has 0 aliphatic carbocycles. The summed E-state index contributed by atoms with van der Waals surface area (Å²) in [5.41, 5.74) is -1.99. The minimum atomic E-state index is -1.91. The molecule has 33 heavy (non-hydrogen) atoms. The maximum Gasteiger partial charge on any atom is 0.229 e. The lowest BCUT2D eigenvalue weighted by Crippen LogP contribution is -2.60. The van der Waals surface area contributed by atoms with Gasteiger partial charge in [-0.3, -0.25) is 4.79 Å². The van der Waals surface area contributed by atoms with Gasteiger partial charge in [0.1, 0.15) is 58.9 Å². The third-order valence-corrected chi connectivity index (χ3v) is 5.55. The first-order chi connectivity index (χ1) is 15.5. The monoisotopic (exact) mass is 476 g/mol. The average molecular weight is 476 g/mol. The van der Waals surface area contributed by atoms with Crippen LogP contribution in [0.5, 0.6) is 17.2 Å². The van der Waals surface area contributed by atoms with Crippen molar-refractivity contribution >= 4 is 5.78 Å². The maximum atomic E-state index is 11.7. The van der Waals surface area contributed by atoms with E-state index in [-0.39, 0.29) is 17.1 Å². The predicted molar refractivity (Wildman–Crippen MR) is 106 cm³/mol. The maximum absolute atomic E-state index is 11.7. The molecule has 3 rings (SSSR count). The van der Waals surface area contributed by atoms with Crippen LogP contribution in [-0.2, 0) is 14.2 Å². The van der Waals surface area contributed by atoms with E-state index >= 15 is 0 Å². The van der Waals surface area contributed by atoms with Crippen molar-refractivity contribution in [2.45, 2.75) is 55.6 Å². The van der Waals surface area contributed by atoms with E-state index < -0.39 is 80.1 Å². The molecule has 186 valence electrons. The first-order valence-electron chi connectivity index (χ1n) is 10.0. The number of Topliss-reactive ketones (excluding diaryl/α,β-unsaturated/α-hetero) is 1. The number of hydrogen-bond acceptors (Lipinski definition) is 13. The highest BCUT2D eigenvalue weighted by atomic mass is 16.7. The lowest BCUT2D eigenvalue weighted by Gasteiger charge is -2.40. The minimum absolute atomic E-state index is 0.00649. The van der Waals surface area contributed by atoms with E-state index in [9.17, 15) is 40.5 Å². The number of ether oxygens (including phenoxy) is 5. The molecule has 0 radical (unpaired) electrons. The molecular weight excluding hydrogens is 448 g/mol. The number of carbonyl (C=O) groups excluding carboxylic acids is 1. The van der Waals surface area contributed by atoms with Gasteiger partial charge in [0.2, 0.25) is 6.29 Å². The minimum Gasteiger partial charge on any atom is -0.507 e. The van der Waals surface area contributed by atoms with Gasteiger partial charge in [-0.1, -0.05) is 0 Å². The van der Waals surface area contributed by atoms with Crippen molar-refractivity contribution in [2.24, 2.45) is 0 Å². The normalized spacial score (nSPS) is 36.5. The van der Waals surface area contributed by atoms with Crippen LogP contribution in [0.2, 0.25) is 0 Å². The van der Waals surface area contributed by atoms with Gasteiger partial charge in [0.15, 0.2) is 12.1 Å². The lowest BCUT2D eigenvalue weighted by molar-refractivity contribution is -0.289. The second-order valence-corrected chi connectivity index (χ2v) is 7.93. The average Bonchev–Trinajstić information content (AvgIpc) is 3.06. The molecule has 0 saturated carbocycles. The summed E-state index contributed by atoms with van der Waals surface area (Å²) >= 11 is 0. The number of methoxy groups -OCH3 is 1. The van der Waals surface area contributed by atoms with Gasteiger partial charge in [-0.15, -0.1) is 0 Å². The van der Waals surface area contributed by atoms with Crippen molar-refractivity contribution in [2.75, 3.05) is 26.9 Å². The van der Waals surface area contributed by atoms with Crippen LogP contribution in [0.15, 0.2) is 12.1 Å². The van der Waals surface area contributed by atoms with Crippen LogP contribution >= 0.6 is 0 Å². The fraction of sp³-hybridized carbons (Fsp3) is 0.650. The Morgan fingerprint density at radius 3 is 2.42 bits per heavy atom. The van der Waals surface area contributed by atoms with Crippen molar-refractivity contribution in [3.63, 3.8) is 0 Å². The van der Waals surface area contributed by atoms with Crippen LogP contribution in [0.4, 0.5) is 0 Å². The van der Waals surface area contributed by atoms with E-state index in [0.29, 0.717) is 0 Å². The number of aromatic hydroxyl groups is 1. The molecule has 7 N–H and O–H groups in total. The van der Waals surface area contributed by atoms with E-state index in [0.717, 1.165) is 6.07 Å². The Bertz CT molecular complexity index is 847. The van der Waals surface area contributed by atoms with Gasteiger partial charge in [0, 0.05) is 12.1 Å². The Labute approximate surface area is 188 Å². The van der Waals surface area contributed by atoms with Crippen LogP contribution < -0.4 is 9.47 Å². The molecule has 1 aromatic rings. The highest BCUT2D eigenvalue weighted by molar-refractivity contribution is 5.99. The molecule has 2 aliphatic rings. The van der Waals surface area contributed by atoms with Gasteiger partial charge in [0.05, 0.1) is 26.9 Å². The molecule has 2 heterocycles. The summed E-state index contributed by atoms with van der Waals surface area (Å²) in [6, 6.07) is 2.37. The lowest BCUT2D eigenvalue weighted by atomic mass is 9.99. The molecule has 0 bridgehead atoms. The van der Waals surface area contributed by atoms with Gasteiger partial charge >= 0.3 is 0 Å². The Kier molecular flexibility index (Phi) is 7.78. The number of benzene rings is 1. The zero-order valence-electron chi connectivity index (χ0n) is 17.9. The Morgan fingerprint density at radius 1 is 1.15 bits per heavy atom. The number of rotatable bonds is 8. The number of hydrogen-bond donors (Lipinski definition) is 7. The van der Waals surface area contributed by atoms with Crippen molar-refractivity contribution in [1.29, 1.82) is 0 Å². The highest BCUT2D eigenvalue weighted by Gasteiger charge is 2.50. The summed E-state index contributed by atoms with van der Waals surface area (Å²) in [6.45, 7) is -0.374. The summed E-state index contributed by atoms with van der Waals surface area (Å²) in [5, 5.41) is 70.1. The molecule has 13 nitrogen and oxygen atoms in total. The summed E-state index contributed by atoms with van der Waals surface area (Å²) in [7, 11) is 1.28. The number of aliphatic hydroxyl groups is 6. The van der Waals surface area contributed by atoms with Gasteiger partial charge in [0.25, 0.3) is 0 Å². The van der Waals surface area contributed by atoms with Gasteiger partial charge in [-0.25, -0.2) is 0 Å². The Hall–Kier alpha value is -2.07. The third-order valence-electron chi connectivity index (χ3n) is 5.55. The molecular formula is C20H28O13. The fourth-order valence-electron chi connectivity index (χ4n) is 3.57. The van der Waals surface area contributed by atoms with Gasteiger partial charge in [-0.2, -0.15) is 0 Å². The molecule has 8 atom stereocenters. The molecule has 1 aromatic carbocycles. The SMILES string of the molecule is COc1cc(O[C@@H]2O[C@H](CO[C@@H]3OC[C@](O)(CO)[C@H]3O)[C@H](O)[C@H](O)[C@H]2O)cc(O)c1C(C)=O. The van der Waals surface area contributed by atoms with Crippen molar-refractivity contribution < 1.29 is 64.2 Å². The second kappa shape index (κ2) is 10.0. The summed E-state index contributed by atoms with van der Waals surface area (Å²) in [5.74, 6) is -0.951. The summed E-state index contributed by atoms with van der Waals surface area (Å²) in [6.07, 6.45) is -10.8. The molecule has 2 saturated heterocycles. The fourth-order valence-corrected chi connectivity index (χ4v) is 3.57. The molecule has 0 amide bonds. The molecule has 2 fully saturated rings. The third kappa shape index (κ3) is 5.06. The van der Waals surface area contributed by atoms with E-state index in [2.05, 4.69) is 0 Å². The highest BCUT2D eigenvalue weighted by Crippen LogP contribution is 2.35. The molecule has 0 spiro atoms. The number of aliphatic hydroxyl groups excluding tert-OH is 5. The first kappa shape index (κ1) is 25.6. The largest absolute Gasteiger partial charge is 0.507 e. The number of ketones is 1. The van der Waals surface area contributed by atoms with Crippen molar-refractivity contribution in [3.05, 3.63) is 17.7 Å². The van der Waals surface area contributed by atoms with E-state index in [1.807, 2.05) is 0 Å². The first-order valence-corrected chi connectivity index (χ1v) is 10.0. The second-order valence-electron chi connectivity index (χ2n) is 7.93. The zero-order valence-corrected chi connectivity index (χ0v) is 17.9. The van der Waals surface area contributed by atoms with E-state index in [4.69, 9.17) is 23.7 Å². The van der Waals surface area contributed by atoms with Crippen LogP contribution in [0.1, 0.15) is 17.3 Å². The summed E-state index contributed by atoms with van der Waals surface area (Å²) in [4.78, 5) is 11.7. The molecule has 13 heteroatoms. The molecule has 0 aromatic heterocycles. The quantitative estimate of drug-likeness (QED) is 0.190. The number of carbonyl (C=O) groups is 1. The van der Waals surface area contributed by atoms with Crippen molar-refractivity contribution in [3.8, 4) is 17.2 Å². The number of phenols is 1. The van der Waals surface area contributed by atoms with Crippen LogP contribution in [0.3, 0.4) is 0 Å². The Balaban J connectivity index is 1.71. The molecule has 0 unspecified atom stereocenters. The van der Waals surface area contributed by atoms with E-state index in [1.165, 1.54) is 20.1 Å². The Morgan fingerprint density at radius 2 is 1.85 bits per heavy atom. The van der Waals surface area contributed by atoms with Gasteiger partial charge < -0.3 is 59.4 Å². The summed E-state index contributed by atoms with van der Waals surface area (Å²) < 4.78 is 26.5. The van der Waals surface area contributed by atoms with E-state index in [1.54, 1.807) is 0 Å². The van der Waals surface area contributed by atoms with Crippen molar-refractivity contribution in [1.82, 2.24) is 0 Å². The molecule has 2 aliphatic heterocycles. The van der Waals surface area contributed by atoms with Crippen LogP contribution in [-0.4, -0.2) is 117 Å². The zero-order chi connectivity index (χ0) is 24.5. The topological polar surface area (TPSA) is 205 Å². The number of phenolic OH excluding ortho intramolecular Hbond substituents is 1.